The molecule has 0 spiro atoms. The number of para-hydroxylation sites is 1. The third-order valence-corrected chi connectivity index (χ3v) is 5.40. The molecule has 1 heterocycles. The molecule has 3 aromatic carbocycles. The van der Waals surface area contributed by atoms with Gasteiger partial charge in [0.05, 0.1) is 5.69 Å². The number of nitrogens with one attached hydrogen (secondary N) is 2. The summed E-state index contributed by atoms with van der Waals surface area (Å²) in [5.41, 5.74) is 6.04. The highest BCUT2D eigenvalue weighted by molar-refractivity contribution is 5.94. The number of carbonyl (C=O) groups is 2. The maximum atomic E-state index is 12.5. The Bertz CT molecular complexity index is 1080. The van der Waals surface area contributed by atoms with E-state index >= 15 is 0 Å². The van der Waals surface area contributed by atoms with Gasteiger partial charge in [-0.1, -0.05) is 66.7 Å². The van der Waals surface area contributed by atoms with Crippen molar-refractivity contribution < 1.29 is 14.3 Å². The van der Waals surface area contributed by atoms with E-state index in [9.17, 15) is 9.59 Å². The molecule has 0 radical (unpaired) electrons. The van der Waals surface area contributed by atoms with Crippen molar-refractivity contribution in [1.29, 1.82) is 0 Å². The SMILES string of the molecule is CNC(=O)Nc1ccccc1-c1ccc2c(c1)CCN(C(=O)OCc1ccccc1)C2. The van der Waals surface area contributed by atoms with E-state index in [-0.39, 0.29) is 18.7 Å². The lowest BCUT2D eigenvalue weighted by Gasteiger charge is -2.28. The number of ether oxygens (including phenoxy) is 1. The topological polar surface area (TPSA) is 70.7 Å². The molecule has 0 bridgehead atoms. The summed E-state index contributed by atoms with van der Waals surface area (Å²) in [5.74, 6) is 0. The number of anilines is 1. The van der Waals surface area contributed by atoms with Crippen molar-refractivity contribution in [2.45, 2.75) is 19.6 Å². The Morgan fingerprint density at radius 1 is 0.968 bits per heavy atom. The number of benzene rings is 3. The fraction of sp³-hybridized carbons (Fsp3) is 0.200. The largest absolute Gasteiger partial charge is 0.445 e. The average Bonchev–Trinajstić information content (AvgIpc) is 2.82. The van der Waals surface area contributed by atoms with Crippen LogP contribution in [-0.4, -0.2) is 30.6 Å². The van der Waals surface area contributed by atoms with Gasteiger partial charge in [0, 0.05) is 25.7 Å². The molecular weight excluding hydrogens is 390 g/mol. The van der Waals surface area contributed by atoms with Crippen molar-refractivity contribution in [2.75, 3.05) is 18.9 Å². The summed E-state index contributed by atoms with van der Waals surface area (Å²) in [6.45, 7) is 1.42. The normalized spacial score (nSPS) is 12.6. The lowest BCUT2D eigenvalue weighted by atomic mass is 9.94. The summed E-state index contributed by atoms with van der Waals surface area (Å²) in [6.07, 6.45) is 0.466. The van der Waals surface area contributed by atoms with Gasteiger partial charge < -0.3 is 20.3 Å². The maximum Gasteiger partial charge on any atom is 0.410 e. The van der Waals surface area contributed by atoms with Gasteiger partial charge in [0.1, 0.15) is 6.61 Å². The second-order valence-electron chi connectivity index (χ2n) is 7.44. The minimum Gasteiger partial charge on any atom is -0.445 e. The minimum atomic E-state index is -0.293. The van der Waals surface area contributed by atoms with Crippen molar-refractivity contribution in [3.63, 3.8) is 0 Å². The molecule has 158 valence electrons. The van der Waals surface area contributed by atoms with Gasteiger partial charge in [-0.15, -0.1) is 0 Å². The van der Waals surface area contributed by atoms with Crippen molar-refractivity contribution in [3.05, 3.63) is 89.5 Å². The number of hydrogen-bond acceptors (Lipinski definition) is 3. The van der Waals surface area contributed by atoms with Crippen LogP contribution in [0.1, 0.15) is 16.7 Å². The molecule has 31 heavy (non-hydrogen) atoms. The maximum absolute atomic E-state index is 12.5. The molecule has 3 amide bonds. The summed E-state index contributed by atoms with van der Waals surface area (Å²) < 4.78 is 5.48. The predicted molar refractivity (Wildman–Crippen MR) is 121 cm³/mol. The first kappa shape index (κ1) is 20.5. The second-order valence-corrected chi connectivity index (χ2v) is 7.44. The van der Waals surface area contributed by atoms with Gasteiger partial charge >= 0.3 is 12.1 Å². The van der Waals surface area contributed by atoms with Gasteiger partial charge in [-0.2, -0.15) is 0 Å². The van der Waals surface area contributed by atoms with Crippen LogP contribution in [0.15, 0.2) is 72.8 Å². The number of fused-ring (bicyclic) bond motifs is 1. The van der Waals surface area contributed by atoms with Crippen LogP contribution in [0.4, 0.5) is 15.3 Å². The molecular formula is C25H25N3O3. The Balaban J connectivity index is 1.46. The Labute approximate surface area is 181 Å². The van der Waals surface area contributed by atoms with E-state index in [4.69, 9.17) is 4.74 Å². The molecule has 4 rings (SSSR count). The number of amides is 3. The first-order valence-electron chi connectivity index (χ1n) is 10.3. The van der Waals surface area contributed by atoms with Crippen LogP contribution < -0.4 is 10.6 Å². The molecule has 6 heteroatoms. The van der Waals surface area contributed by atoms with Crippen LogP contribution in [0.2, 0.25) is 0 Å². The smallest absolute Gasteiger partial charge is 0.410 e. The highest BCUT2D eigenvalue weighted by atomic mass is 16.6. The van der Waals surface area contributed by atoms with Crippen LogP contribution in [0.3, 0.4) is 0 Å². The molecule has 0 saturated carbocycles. The Kier molecular flexibility index (Phi) is 6.17. The third kappa shape index (κ3) is 4.86. The fourth-order valence-corrected chi connectivity index (χ4v) is 3.72. The quantitative estimate of drug-likeness (QED) is 0.643. The fourth-order valence-electron chi connectivity index (χ4n) is 3.72. The van der Waals surface area contributed by atoms with Crippen LogP contribution >= 0.6 is 0 Å². The number of nitrogens with zero attached hydrogens (tertiary/aromatic N) is 1. The van der Waals surface area contributed by atoms with Crippen LogP contribution in [-0.2, 0) is 24.3 Å². The molecule has 0 aliphatic carbocycles. The molecule has 3 aromatic rings. The predicted octanol–water partition coefficient (Wildman–Crippen LogP) is 4.80. The molecule has 2 N–H and O–H groups in total. The molecule has 6 nitrogen and oxygen atoms in total. The summed E-state index contributed by atoms with van der Waals surface area (Å²) in [4.78, 5) is 26.0. The van der Waals surface area contributed by atoms with E-state index in [0.717, 1.165) is 34.4 Å². The zero-order valence-corrected chi connectivity index (χ0v) is 17.4. The number of carbonyl (C=O) groups excluding carboxylic acids is 2. The lowest BCUT2D eigenvalue weighted by molar-refractivity contribution is 0.0918. The summed E-state index contributed by atoms with van der Waals surface area (Å²) in [6, 6.07) is 23.4. The highest BCUT2D eigenvalue weighted by Crippen LogP contribution is 2.31. The lowest BCUT2D eigenvalue weighted by Crippen LogP contribution is -2.36. The molecule has 0 aromatic heterocycles. The average molecular weight is 415 g/mol. The van der Waals surface area contributed by atoms with Gasteiger partial charge in [-0.3, -0.25) is 0 Å². The molecule has 0 unspecified atom stereocenters. The van der Waals surface area contributed by atoms with Gasteiger partial charge in [-0.05, 0) is 34.7 Å². The zero-order valence-electron chi connectivity index (χ0n) is 17.4. The number of hydrogen-bond donors (Lipinski definition) is 2. The standard InChI is InChI=1S/C25H25N3O3/c1-26-24(29)27-23-10-6-5-9-22(23)20-11-12-21-16-28(14-13-19(21)15-20)25(30)31-17-18-7-3-2-4-8-18/h2-12,15H,13-14,16-17H2,1H3,(H2,26,27,29). The zero-order chi connectivity index (χ0) is 21.6. The van der Waals surface area contributed by atoms with Gasteiger partial charge in [0.25, 0.3) is 0 Å². The van der Waals surface area contributed by atoms with E-state index in [0.29, 0.717) is 13.1 Å². The summed E-state index contributed by atoms with van der Waals surface area (Å²) in [5, 5.41) is 5.45. The third-order valence-electron chi connectivity index (χ3n) is 5.40. The van der Waals surface area contributed by atoms with Gasteiger partial charge in [0.2, 0.25) is 0 Å². The highest BCUT2D eigenvalue weighted by Gasteiger charge is 2.22. The van der Waals surface area contributed by atoms with Crippen LogP contribution in [0.5, 0.6) is 0 Å². The Morgan fingerprint density at radius 3 is 2.55 bits per heavy atom. The summed E-state index contributed by atoms with van der Waals surface area (Å²) in [7, 11) is 1.59. The van der Waals surface area contributed by atoms with E-state index in [1.807, 2.05) is 60.7 Å². The minimum absolute atomic E-state index is 0.255. The van der Waals surface area contributed by atoms with Crippen LogP contribution in [0, 0.1) is 0 Å². The van der Waals surface area contributed by atoms with E-state index in [1.165, 1.54) is 5.56 Å². The number of urea groups is 1. The summed E-state index contributed by atoms with van der Waals surface area (Å²) >= 11 is 0. The molecule has 1 aliphatic heterocycles. The first-order valence-corrected chi connectivity index (χ1v) is 10.3. The van der Waals surface area contributed by atoms with Crippen molar-refractivity contribution in [2.24, 2.45) is 0 Å². The van der Waals surface area contributed by atoms with Crippen molar-refractivity contribution in [3.8, 4) is 11.1 Å². The van der Waals surface area contributed by atoms with Gasteiger partial charge in [0.15, 0.2) is 0 Å². The Morgan fingerprint density at radius 2 is 1.74 bits per heavy atom. The van der Waals surface area contributed by atoms with Crippen LogP contribution in [0.25, 0.3) is 11.1 Å². The Hall–Kier alpha value is -3.80. The van der Waals surface area contributed by atoms with Crippen molar-refractivity contribution >= 4 is 17.8 Å². The monoisotopic (exact) mass is 415 g/mol. The van der Waals surface area contributed by atoms with Gasteiger partial charge in [-0.25, -0.2) is 9.59 Å². The van der Waals surface area contributed by atoms with E-state index in [1.54, 1.807) is 11.9 Å². The van der Waals surface area contributed by atoms with E-state index < -0.39 is 0 Å². The molecule has 1 aliphatic rings. The number of rotatable bonds is 4. The first-order chi connectivity index (χ1) is 15.1. The van der Waals surface area contributed by atoms with E-state index in [2.05, 4.69) is 22.8 Å². The molecule has 0 atom stereocenters. The molecule has 0 fully saturated rings. The molecule has 0 saturated heterocycles. The van der Waals surface area contributed by atoms with Crippen molar-refractivity contribution in [1.82, 2.24) is 10.2 Å². The second kappa shape index (κ2) is 9.34.